The van der Waals surface area contributed by atoms with Crippen LogP contribution in [0.1, 0.15) is 19.4 Å². The van der Waals surface area contributed by atoms with Crippen molar-refractivity contribution in [2.45, 2.75) is 19.4 Å². The average Bonchev–Trinajstić information content (AvgIpc) is 2.03. The summed E-state index contributed by atoms with van der Waals surface area (Å²) < 4.78 is 0.939. The Labute approximate surface area is 91.1 Å². The molecule has 0 fully saturated rings. The van der Waals surface area contributed by atoms with Crippen LogP contribution < -0.4 is 5.90 Å². The number of nitrogens with two attached hydrogens (primary N) is 1. The zero-order chi connectivity index (χ0) is 10.1. The minimum Gasteiger partial charge on any atom is -0.294 e. The van der Waals surface area contributed by atoms with E-state index in [-0.39, 0.29) is 0 Å². The third kappa shape index (κ3) is 2.44. The molecule has 1 aromatic rings. The van der Waals surface area contributed by atoms with Crippen molar-refractivity contribution >= 4 is 27.5 Å². The predicted molar refractivity (Wildman–Crippen MR) is 57.5 cm³/mol. The van der Waals surface area contributed by atoms with Gasteiger partial charge in [-0.1, -0.05) is 33.6 Å². The summed E-state index contributed by atoms with van der Waals surface area (Å²) >= 11 is 9.36. The minimum absolute atomic E-state index is 0.558. The van der Waals surface area contributed by atoms with Gasteiger partial charge in [0.25, 0.3) is 0 Å². The van der Waals surface area contributed by atoms with Gasteiger partial charge in [-0.2, -0.15) is 0 Å². The lowest BCUT2D eigenvalue weighted by molar-refractivity contribution is -0.0235. The quantitative estimate of drug-likeness (QED) is 0.833. The monoisotopic (exact) mass is 263 g/mol. The van der Waals surface area contributed by atoms with Crippen LogP contribution in [0.15, 0.2) is 22.7 Å². The fraction of sp³-hybridized carbons (Fsp3) is 0.333. The van der Waals surface area contributed by atoms with Gasteiger partial charge in [0.15, 0.2) is 0 Å². The van der Waals surface area contributed by atoms with Gasteiger partial charge in [-0.05, 0) is 26.0 Å². The fourth-order valence-corrected chi connectivity index (χ4v) is 1.94. The van der Waals surface area contributed by atoms with Gasteiger partial charge in [-0.25, -0.2) is 5.90 Å². The highest BCUT2D eigenvalue weighted by molar-refractivity contribution is 9.10. The van der Waals surface area contributed by atoms with Crippen LogP contribution in [0.25, 0.3) is 0 Å². The van der Waals surface area contributed by atoms with Gasteiger partial charge in [0.1, 0.15) is 5.60 Å². The van der Waals surface area contributed by atoms with Crippen LogP contribution in [-0.2, 0) is 10.4 Å². The van der Waals surface area contributed by atoms with Gasteiger partial charge in [0.2, 0.25) is 0 Å². The molecule has 0 aliphatic carbocycles. The molecule has 0 spiro atoms. The highest BCUT2D eigenvalue weighted by Gasteiger charge is 2.23. The first kappa shape index (κ1) is 11.0. The van der Waals surface area contributed by atoms with E-state index >= 15 is 0 Å². The Morgan fingerprint density at radius 2 is 2.08 bits per heavy atom. The molecule has 0 saturated carbocycles. The van der Waals surface area contributed by atoms with Crippen molar-refractivity contribution in [1.82, 2.24) is 0 Å². The lowest BCUT2D eigenvalue weighted by Crippen LogP contribution is -2.25. The Morgan fingerprint density at radius 3 is 2.54 bits per heavy atom. The van der Waals surface area contributed by atoms with Gasteiger partial charge in [0.05, 0.1) is 0 Å². The summed E-state index contributed by atoms with van der Waals surface area (Å²) in [6.07, 6.45) is 0. The van der Waals surface area contributed by atoms with Gasteiger partial charge in [-0.15, -0.1) is 0 Å². The van der Waals surface area contributed by atoms with Gasteiger partial charge >= 0.3 is 0 Å². The Balaban J connectivity index is 3.16. The summed E-state index contributed by atoms with van der Waals surface area (Å²) in [4.78, 5) is 4.84. The molecule has 0 amide bonds. The van der Waals surface area contributed by atoms with Crippen molar-refractivity contribution in [3.63, 3.8) is 0 Å². The molecule has 72 valence electrons. The van der Waals surface area contributed by atoms with Crippen molar-refractivity contribution in [3.8, 4) is 0 Å². The second-order valence-electron chi connectivity index (χ2n) is 3.25. The van der Waals surface area contributed by atoms with Crippen molar-refractivity contribution in [3.05, 3.63) is 33.3 Å². The Kier molecular flexibility index (Phi) is 3.35. The number of hydrogen-bond donors (Lipinski definition) is 1. The van der Waals surface area contributed by atoms with Crippen LogP contribution >= 0.6 is 27.5 Å². The van der Waals surface area contributed by atoms with E-state index < -0.39 is 5.60 Å². The summed E-state index contributed by atoms with van der Waals surface area (Å²) in [6.45, 7) is 3.73. The Hall–Kier alpha value is -0.0900. The van der Waals surface area contributed by atoms with Crippen LogP contribution in [0, 0.1) is 0 Å². The second-order valence-corrected chi connectivity index (χ2v) is 4.58. The summed E-state index contributed by atoms with van der Waals surface area (Å²) in [6, 6.07) is 5.61. The highest BCUT2D eigenvalue weighted by Crippen LogP contribution is 2.31. The van der Waals surface area contributed by atoms with Crippen molar-refractivity contribution in [2.75, 3.05) is 0 Å². The maximum absolute atomic E-state index is 6.03. The molecule has 13 heavy (non-hydrogen) atoms. The summed E-state index contributed by atoms with van der Waals surface area (Å²) in [7, 11) is 0. The first-order chi connectivity index (χ1) is 5.97. The molecule has 0 aromatic heterocycles. The lowest BCUT2D eigenvalue weighted by atomic mass is 9.98. The van der Waals surface area contributed by atoms with E-state index in [1.165, 1.54) is 0 Å². The first-order valence-corrected chi connectivity index (χ1v) is 4.98. The molecule has 0 bridgehead atoms. The molecule has 0 radical (unpaired) electrons. The Morgan fingerprint density at radius 1 is 1.46 bits per heavy atom. The zero-order valence-corrected chi connectivity index (χ0v) is 9.82. The van der Waals surface area contributed by atoms with Gasteiger partial charge in [0, 0.05) is 15.1 Å². The summed E-state index contributed by atoms with van der Waals surface area (Å²) in [5.41, 5.74) is 0.317. The largest absolute Gasteiger partial charge is 0.294 e. The molecule has 2 N–H and O–H groups in total. The van der Waals surface area contributed by atoms with E-state index in [1.807, 2.05) is 32.0 Å². The van der Waals surface area contributed by atoms with E-state index in [2.05, 4.69) is 15.9 Å². The van der Waals surface area contributed by atoms with E-state index in [4.69, 9.17) is 22.3 Å². The fourth-order valence-electron chi connectivity index (χ4n) is 1.04. The summed E-state index contributed by atoms with van der Waals surface area (Å²) in [5.74, 6) is 5.17. The van der Waals surface area contributed by atoms with Crippen molar-refractivity contribution in [2.24, 2.45) is 5.90 Å². The SMILES string of the molecule is CC(C)(ON)c1ccc(Br)cc1Cl. The molecule has 0 unspecified atom stereocenters. The lowest BCUT2D eigenvalue weighted by Gasteiger charge is -2.23. The normalized spacial score (nSPS) is 11.8. The molecular weight excluding hydrogens is 253 g/mol. The van der Waals surface area contributed by atoms with E-state index in [1.54, 1.807) is 0 Å². The third-order valence-electron chi connectivity index (χ3n) is 1.87. The topological polar surface area (TPSA) is 35.2 Å². The van der Waals surface area contributed by atoms with Crippen molar-refractivity contribution in [1.29, 1.82) is 0 Å². The molecule has 0 aliphatic rings. The van der Waals surface area contributed by atoms with Crippen LogP contribution in [0.5, 0.6) is 0 Å². The van der Waals surface area contributed by atoms with Gasteiger partial charge in [-0.3, -0.25) is 4.84 Å². The van der Waals surface area contributed by atoms with E-state index in [0.29, 0.717) is 5.02 Å². The van der Waals surface area contributed by atoms with E-state index in [0.717, 1.165) is 10.0 Å². The third-order valence-corrected chi connectivity index (χ3v) is 2.68. The number of hydrogen-bond acceptors (Lipinski definition) is 2. The molecule has 0 atom stereocenters. The van der Waals surface area contributed by atoms with Crippen molar-refractivity contribution < 1.29 is 4.84 Å². The molecule has 0 aliphatic heterocycles. The molecule has 0 heterocycles. The maximum Gasteiger partial charge on any atom is 0.110 e. The summed E-state index contributed by atoms with van der Waals surface area (Å²) in [5, 5.41) is 0.643. The second kappa shape index (κ2) is 3.96. The number of benzene rings is 1. The van der Waals surface area contributed by atoms with Crippen LogP contribution in [0.3, 0.4) is 0 Å². The first-order valence-electron chi connectivity index (χ1n) is 3.81. The van der Waals surface area contributed by atoms with E-state index in [9.17, 15) is 0 Å². The molecule has 1 aromatic carbocycles. The molecular formula is C9H11BrClNO. The maximum atomic E-state index is 6.03. The zero-order valence-electron chi connectivity index (χ0n) is 7.47. The van der Waals surface area contributed by atoms with Crippen LogP contribution in [-0.4, -0.2) is 0 Å². The predicted octanol–water partition coefficient (Wildman–Crippen LogP) is 3.23. The van der Waals surface area contributed by atoms with Crippen LogP contribution in [0.4, 0.5) is 0 Å². The molecule has 0 saturated heterocycles. The highest BCUT2D eigenvalue weighted by atomic mass is 79.9. The number of halogens is 2. The average molecular weight is 265 g/mol. The molecule has 1 rings (SSSR count). The smallest absolute Gasteiger partial charge is 0.110 e. The minimum atomic E-state index is -0.558. The standard InChI is InChI=1S/C9H11BrClNO/c1-9(2,13-12)7-4-3-6(10)5-8(7)11/h3-5H,12H2,1-2H3. The van der Waals surface area contributed by atoms with Gasteiger partial charge < -0.3 is 0 Å². The number of rotatable bonds is 2. The Bertz CT molecular complexity index is 314. The molecule has 4 heteroatoms. The van der Waals surface area contributed by atoms with Crippen LogP contribution in [0.2, 0.25) is 5.02 Å². The molecule has 2 nitrogen and oxygen atoms in total.